The zero-order chi connectivity index (χ0) is 17.3. The van der Waals surface area contributed by atoms with Gasteiger partial charge in [0.1, 0.15) is 0 Å². The van der Waals surface area contributed by atoms with Crippen LogP contribution >= 0.6 is 0 Å². The molecule has 3 aromatic rings. The van der Waals surface area contributed by atoms with Crippen LogP contribution in [0.25, 0.3) is 10.9 Å². The van der Waals surface area contributed by atoms with Crippen molar-refractivity contribution in [2.24, 2.45) is 11.5 Å². The van der Waals surface area contributed by atoms with E-state index in [4.69, 9.17) is 11.5 Å². The monoisotopic (exact) mass is 322 g/mol. The molecule has 7 nitrogen and oxygen atoms in total. The predicted molar refractivity (Wildman–Crippen MR) is 88.6 cm³/mol. The molecule has 7 heteroatoms. The van der Waals surface area contributed by atoms with Crippen molar-refractivity contribution in [1.82, 2.24) is 9.78 Å². The number of amides is 2. The molecule has 0 fully saturated rings. The second-order valence-corrected chi connectivity index (χ2v) is 5.28. The molecule has 0 radical (unpaired) electrons. The Bertz CT molecular complexity index is 1010. The van der Waals surface area contributed by atoms with Gasteiger partial charge in [-0.05, 0) is 29.8 Å². The molecule has 1 heterocycles. The molecule has 0 saturated heterocycles. The van der Waals surface area contributed by atoms with Gasteiger partial charge in [0.05, 0.1) is 12.1 Å². The molecule has 0 bridgehead atoms. The minimum atomic E-state index is -0.872. The van der Waals surface area contributed by atoms with Gasteiger partial charge in [0.2, 0.25) is 11.3 Å². The lowest BCUT2D eigenvalue weighted by Gasteiger charge is -2.11. The lowest BCUT2D eigenvalue weighted by Crippen LogP contribution is -2.27. The summed E-state index contributed by atoms with van der Waals surface area (Å²) in [5.74, 6) is -1.38. The summed E-state index contributed by atoms with van der Waals surface area (Å²) in [5.41, 5.74) is 11.5. The Morgan fingerprint density at radius 1 is 0.958 bits per heavy atom. The fraction of sp³-hybridized carbons (Fsp3) is 0.0588. The normalized spacial score (nSPS) is 10.7. The van der Waals surface area contributed by atoms with Crippen molar-refractivity contribution in [3.8, 4) is 0 Å². The quantitative estimate of drug-likeness (QED) is 0.732. The van der Waals surface area contributed by atoms with Gasteiger partial charge in [-0.1, -0.05) is 24.3 Å². The lowest BCUT2D eigenvalue weighted by molar-refractivity contribution is 0.0987. The van der Waals surface area contributed by atoms with Crippen molar-refractivity contribution in [2.75, 3.05) is 0 Å². The van der Waals surface area contributed by atoms with Crippen molar-refractivity contribution in [1.29, 1.82) is 0 Å². The van der Waals surface area contributed by atoms with Crippen LogP contribution in [0, 0.1) is 0 Å². The van der Waals surface area contributed by atoms with Gasteiger partial charge in [0.25, 0.3) is 5.91 Å². The fourth-order valence-electron chi connectivity index (χ4n) is 2.47. The lowest BCUT2D eigenvalue weighted by atomic mass is 10.1. The first kappa shape index (κ1) is 15.4. The number of para-hydroxylation sites is 1. The number of aromatic nitrogens is 2. The van der Waals surface area contributed by atoms with Gasteiger partial charge in [-0.25, -0.2) is 0 Å². The van der Waals surface area contributed by atoms with E-state index in [-0.39, 0.29) is 5.69 Å². The number of benzene rings is 2. The highest BCUT2D eigenvalue weighted by Crippen LogP contribution is 2.12. The summed E-state index contributed by atoms with van der Waals surface area (Å²) in [4.78, 5) is 34.9. The number of hydrogen-bond acceptors (Lipinski definition) is 4. The maximum absolute atomic E-state index is 12.3. The van der Waals surface area contributed by atoms with Crippen LogP contribution in [0.5, 0.6) is 0 Å². The molecule has 0 spiro atoms. The van der Waals surface area contributed by atoms with Crippen LogP contribution in [-0.2, 0) is 6.54 Å². The molecule has 0 aliphatic rings. The highest BCUT2D eigenvalue weighted by Gasteiger charge is 2.14. The van der Waals surface area contributed by atoms with E-state index in [0.29, 0.717) is 23.0 Å². The van der Waals surface area contributed by atoms with Crippen LogP contribution in [0.15, 0.2) is 53.3 Å². The van der Waals surface area contributed by atoms with E-state index in [0.717, 1.165) is 5.56 Å². The molecule has 0 aliphatic carbocycles. The summed E-state index contributed by atoms with van der Waals surface area (Å²) >= 11 is 0. The van der Waals surface area contributed by atoms with E-state index >= 15 is 0 Å². The van der Waals surface area contributed by atoms with Gasteiger partial charge in [-0.3, -0.25) is 19.1 Å². The van der Waals surface area contributed by atoms with Gasteiger partial charge in [0.15, 0.2) is 5.69 Å². The van der Waals surface area contributed by atoms with Crippen molar-refractivity contribution >= 4 is 22.7 Å². The predicted octanol–water partition coefficient (Wildman–Crippen LogP) is 0.643. The average Bonchev–Trinajstić information content (AvgIpc) is 2.57. The Kier molecular flexibility index (Phi) is 3.83. The molecule has 3 rings (SSSR count). The molecule has 0 saturated carbocycles. The minimum absolute atomic E-state index is 0.303. The number of carbonyl (C=O) groups is 2. The van der Waals surface area contributed by atoms with Crippen LogP contribution in [-0.4, -0.2) is 21.6 Å². The van der Waals surface area contributed by atoms with E-state index < -0.39 is 17.2 Å². The summed E-state index contributed by atoms with van der Waals surface area (Å²) in [6.07, 6.45) is 0. The number of rotatable bonds is 4. The third kappa shape index (κ3) is 2.74. The molecule has 4 N–H and O–H groups in total. The topological polar surface area (TPSA) is 121 Å². The van der Waals surface area contributed by atoms with Crippen LogP contribution < -0.4 is 16.9 Å². The highest BCUT2D eigenvalue weighted by atomic mass is 16.2. The van der Waals surface area contributed by atoms with Crippen LogP contribution in [0.2, 0.25) is 0 Å². The first-order valence-electron chi connectivity index (χ1n) is 7.16. The largest absolute Gasteiger partial charge is 0.366 e. The summed E-state index contributed by atoms with van der Waals surface area (Å²) in [5, 5.41) is 4.46. The van der Waals surface area contributed by atoms with Gasteiger partial charge < -0.3 is 11.5 Å². The van der Waals surface area contributed by atoms with E-state index in [1.807, 2.05) is 0 Å². The Labute approximate surface area is 136 Å². The number of fused-ring (bicyclic) bond motifs is 1. The molecule has 24 heavy (non-hydrogen) atoms. The van der Waals surface area contributed by atoms with Crippen LogP contribution in [0.4, 0.5) is 0 Å². The molecular weight excluding hydrogens is 308 g/mol. The third-order valence-electron chi connectivity index (χ3n) is 3.67. The summed E-state index contributed by atoms with van der Waals surface area (Å²) < 4.78 is 1.54. The highest BCUT2D eigenvalue weighted by molar-refractivity contribution is 5.94. The van der Waals surface area contributed by atoms with Crippen molar-refractivity contribution in [3.05, 3.63) is 75.6 Å². The Morgan fingerprint density at radius 3 is 2.25 bits per heavy atom. The molecule has 0 unspecified atom stereocenters. The molecule has 2 amide bonds. The maximum atomic E-state index is 12.3. The average molecular weight is 322 g/mol. The zero-order valence-corrected chi connectivity index (χ0v) is 12.6. The molecular formula is C17H14N4O3. The standard InChI is InChI=1S/C17H14N4O3/c18-16(23)11-7-5-10(6-8-11)9-21-13-4-2-1-3-12(13)15(22)14(20-21)17(19)24/h1-8H,9H2,(H2,18,23)(H2,19,24). The molecule has 120 valence electrons. The van der Waals surface area contributed by atoms with Gasteiger partial charge in [-0.2, -0.15) is 5.10 Å². The third-order valence-corrected chi connectivity index (χ3v) is 3.67. The number of hydrogen-bond donors (Lipinski definition) is 2. The van der Waals surface area contributed by atoms with E-state index in [9.17, 15) is 14.4 Å². The second kappa shape index (κ2) is 5.96. The summed E-state index contributed by atoms with van der Waals surface area (Å²) in [7, 11) is 0. The number of nitrogens with two attached hydrogens (primary N) is 2. The molecule has 0 aliphatic heterocycles. The Balaban J connectivity index is 2.11. The van der Waals surface area contributed by atoms with E-state index in [1.165, 1.54) is 4.68 Å². The number of nitrogens with zero attached hydrogens (tertiary/aromatic N) is 2. The first-order chi connectivity index (χ1) is 11.5. The summed E-state index contributed by atoms with van der Waals surface area (Å²) in [6.45, 7) is 0.306. The number of primary amides is 2. The van der Waals surface area contributed by atoms with E-state index in [2.05, 4.69) is 5.10 Å². The smallest absolute Gasteiger partial charge is 0.273 e. The fourth-order valence-corrected chi connectivity index (χ4v) is 2.47. The molecule has 1 aromatic heterocycles. The Hall–Kier alpha value is -3.48. The second-order valence-electron chi connectivity index (χ2n) is 5.28. The minimum Gasteiger partial charge on any atom is -0.366 e. The van der Waals surface area contributed by atoms with Crippen molar-refractivity contribution in [3.63, 3.8) is 0 Å². The van der Waals surface area contributed by atoms with Crippen molar-refractivity contribution < 1.29 is 9.59 Å². The molecule has 0 atom stereocenters. The maximum Gasteiger partial charge on any atom is 0.273 e. The van der Waals surface area contributed by atoms with E-state index in [1.54, 1.807) is 48.5 Å². The summed E-state index contributed by atoms with van der Waals surface area (Å²) in [6, 6.07) is 13.5. The van der Waals surface area contributed by atoms with Crippen molar-refractivity contribution in [2.45, 2.75) is 6.54 Å². The zero-order valence-electron chi connectivity index (χ0n) is 12.6. The number of carbonyl (C=O) groups excluding carboxylic acids is 2. The van der Waals surface area contributed by atoms with Gasteiger partial charge >= 0.3 is 0 Å². The van der Waals surface area contributed by atoms with Crippen LogP contribution in [0.1, 0.15) is 26.4 Å². The SMILES string of the molecule is NC(=O)c1ccc(Cn2nc(C(N)=O)c(=O)c3ccccc32)cc1. The molecule has 2 aromatic carbocycles. The van der Waals surface area contributed by atoms with Crippen LogP contribution in [0.3, 0.4) is 0 Å². The Morgan fingerprint density at radius 2 is 1.62 bits per heavy atom. The first-order valence-corrected chi connectivity index (χ1v) is 7.16. The van der Waals surface area contributed by atoms with Gasteiger partial charge in [-0.15, -0.1) is 0 Å². The van der Waals surface area contributed by atoms with Gasteiger partial charge in [0, 0.05) is 10.9 Å².